The highest BCUT2D eigenvalue weighted by Gasteiger charge is 2.54. The summed E-state index contributed by atoms with van der Waals surface area (Å²) < 4.78 is 5.04. The molecule has 4 heteroatoms. The van der Waals surface area contributed by atoms with Crippen molar-refractivity contribution in [1.82, 2.24) is 0 Å². The minimum absolute atomic E-state index is 0.0204. The molecular formula is C15H22O4. The normalized spacial score (nSPS) is 44.7. The lowest BCUT2D eigenvalue weighted by molar-refractivity contribution is -0.137. The van der Waals surface area contributed by atoms with E-state index in [2.05, 4.69) is 13.8 Å². The van der Waals surface area contributed by atoms with Crippen LogP contribution in [0.4, 0.5) is 0 Å². The number of fused-ring (bicyclic) bond motifs is 1. The molecule has 1 fully saturated rings. The summed E-state index contributed by atoms with van der Waals surface area (Å²) >= 11 is 0. The minimum atomic E-state index is -0.945. The van der Waals surface area contributed by atoms with Crippen molar-refractivity contribution in [3.63, 3.8) is 0 Å². The molecule has 0 bridgehead atoms. The zero-order valence-electron chi connectivity index (χ0n) is 11.8. The van der Waals surface area contributed by atoms with Crippen LogP contribution in [0.2, 0.25) is 0 Å². The smallest absolute Gasteiger partial charge is 0.334 e. The summed E-state index contributed by atoms with van der Waals surface area (Å²) in [6, 6.07) is 0. The van der Waals surface area contributed by atoms with E-state index in [0.717, 1.165) is 12.8 Å². The van der Waals surface area contributed by atoms with Crippen LogP contribution in [0.25, 0.3) is 0 Å². The summed E-state index contributed by atoms with van der Waals surface area (Å²) in [5.74, 6) is -0.309. The van der Waals surface area contributed by atoms with Crippen LogP contribution in [-0.2, 0) is 9.53 Å². The first-order chi connectivity index (χ1) is 8.71. The number of aliphatic hydroxyl groups excluding tert-OH is 1. The standard InChI is InChI=1S/C15H22O4/c1-14(2)4-9-11(6-14)15(3,18)5-8-10(12(9)16)7-19-13(8)17/h9,11-12,16,18H,4-7H2,1-3H3/t9-,11-,12-,15+/m1/s1. The second-order valence-electron chi connectivity index (χ2n) is 7.40. The van der Waals surface area contributed by atoms with Crippen LogP contribution in [0.5, 0.6) is 0 Å². The third-order valence-electron chi connectivity index (χ3n) is 5.17. The molecular weight excluding hydrogens is 244 g/mol. The average Bonchev–Trinajstić information content (AvgIpc) is 2.78. The van der Waals surface area contributed by atoms with Gasteiger partial charge in [0.15, 0.2) is 0 Å². The van der Waals surface area contributed by atoms with Crippen LogP contribution in [0.3, 0.4) is 0 Å². The molecule has 2 N–H and O–H groups in total. The molecule has 19 heavy (non-hydrogen) atoms. The molecule has 1 saturated carbocycles. The van der Waals surface area contributed by atoms with Gasteiger partial charge in [-0.3, -0.25) is 0 Å². The second-order valence-corrected chi connectivity index (χ2v) is 7.40. The third-order valence-corrected chi connectivity index (χ3v) is 5.17. The Balaban J connectivity index is 2.04. The number of carbonyl (C=O) groups excluding carboxylic acids is 1. The molecule has 4 atom stereocenters. The van der Waals surface area contributed by atoms with Crippen molar-refractivity contribution >= 4 is 5.97 Å². The molecule has 0 aromatic rings. The Morgan fingerprint density at radius 1 is 1.26 bits per heavy atom. The highest BCUT2D eigenvalue weighted by molar-refractivity contribution is 5.92. The molecule has 2 aliphatic carbocycles. The maximum atomic E-state index is 11.7. The first-order valence-corrected chi connectivity index (χ1v) is 7.01. The average molecular weight is 266 g/mol. The van der Waals surface area contributed by atoms with E-state index in [-0.39, 0.29) is 29.8 Å². The summed E-state index contributed by atoms with van der Waals surface area (Å²) in [5.41, 5.74) is 0.391. The topological polar surface area (TPSA) is 66.8 Å². The molecule has 0 radical (unpaired) electrons. The summed E-state index contributed by atoms with van der Waals surface area (Å²) in [7, 11) is 0. The van der Waals surface area contributed by atoms with Gasteiger partial charge in [-0.1, -0.05) is 13.8 Å². The number of ether oxygens (including phenoxy) is 1. The molecule has 3 rings (SSSR count). The summed E-state index contributed by atoms with van der Waals surface area (Å²) in [6.07, 6.45) is 1.41. The first-order valence-electron chi connectivity index (χ1n) is 7.01. The summed E-state index contributed by atoms with van der Waals surface area (Å²) in [4.78, 5) is 11.7. The van der Waals surface area contributed by atoms with Crippen molar-refractivity contribution in [1.29, 1.82) is 0 Å². The number of esters is 1. The van der Waals surface area contributed by atoms with Crippen molar-refractivity contribution in [2.45, 2.75) is 51.7 Å². The maximum Gasteiger partial charge on any atom is 0.334 e. The van der Waals surface area contributed by atoms with Crippen LogP contribution in [0.1, 0.15) is 40.0 Å². The molecule has 3 aliphatic rings. The molecule has 1 aliphatic heterocycles. The van der Waals surface area contributed by atoms with Gasteiger partial charge >= 0.3 is 5.97 Å². The lowest BCUT2D eigenvalue weighted by Gasteiger charge is -2.34. The van der Waals surface area contributed by atoms with Gasteiger partial charge in [0.1, 0.15) is 6.61 Å². The minimum Gasteiger partial charge on any atom is -0.458 e. The Bertz CT molecular complexity index is 461. The molecule has 0 aromatic heterocycles. The molecule has 0 amide bonds. The molecule has 106 valence electrons. The fourth-order valence-electron chi connectivity index (χ4n) is 4.27. The Hall–Kier alpha value is -0.870. The molecule has 1 heterocycles. The number of cyclic esters (lactones) is 1. The van der Waals surface area contributed by atoms with Gasteiger partial charge in [-0.15, -0.1) is 0 Å². The SMILES string of the molecule is CC1(C)C[C@@H]2[C@@H](C1)[C@@](C)(O)CC1=C(COC1=O)[C@@H]2O. The Morgan fingerprint density at radius 3 is 2.63 bits per heavy atom. The van der Waals surface area contributed by atoms with E-state index in [1.165, 1.54) is 0 Å². The van der Waals surface area contributed by atoms with E-state index in [0.29, 0.717) is 17.6 Å². The molecule has 0 saturated heterocycles. The largest absolute Gasteiger partial charge is 0.458 e. The van der Waals surface area contributed by atoms with E-state index < -0.39 is 11.7 Å². The number of aliphatic hydroxyl groups is 2. The number of rotatable bonds is 0. The molecule has 4 nitrogen and oxygen atoms in total. The van der Waals surface area contributed by atoms with Gasteiger partial charge in [0.05, 0.1) is 11.7 Å². The Kier molecular flexibility index (Phi) is 2.64. The van der Waals surface area contributed by atoms with Gasteiger partial charge in [-0.25, -0.2) is 4.79 Å². The van der Waals surface area contributed by atoms with E-state index in [4.69, 9.17) is 4.74 Å². The Labute approximate surface area is 113 Å². The first kappa shape index (κ1) is 13.1. The van der Waals surface area contributed by atoms with Gasteiger partial charge in [0, 0.05) is 17.6 Å². The Morgan fingerprint density at radius 2 is 1.95 bits per heavy atom. The van der Waals surface area contributed by atoms with Gasteiger partial charge in [-0.2, -0.15) is 0 Å². The van der Waals surface area contributed by atoms with Gasteiger partial charge in [0.25, 0.3) is 0 Å². The van der Waals surface area contributed by atoms with Crippen LogP contribution >= 0.6 is 0 Å². The highest BCUT2D eigenvalue weighted by atomic mass is 16.5. The van der Waals surface area contributed by atoms with Crippen LogP contribution in [0.15, 0.2) is 11.1 Å². The molecule has 0 spiro atoms. The molecule has 0 unspecified atom stereocenters. The van der Waals surface area contributed by atoms with E-state index in [1.54, 1.807) is 6.92 Å². The summed E-state index contributed by atoms with van der Waals surface area (Å²) in [6.45, 7) is 6.33. The van der Waals surface area contributed by atoms with Crippen LogP contribution in [-0.4, -0.2) is 34.5 Å². The lowest BCUT2D eigenvalue weighted by Crippen LogP contribution is -2.39. The number of carbonyl (C=O) groups is 1. The quantitative estimate of drug-likeness (QED) is 0.651. The van der Waals surface area contributed by atoms with Gasteiger partial charge < -0.3 is 14.9 Å². The fraction of sp³-hybridized carbons (Fsp3) is 0.800. The van der Waals surface area contributed by atoms with Crippen molar-refractivity contribution in [3.8, 4) is 0 Å². The summed E-state index contributed by atoms with van der Waals surface area (Å²) in [5, 5.41) is 21.4. The van der Waals surface area contributed by atoms with Crippen molar-refractivity contribution in [3.05, 3.63) is 11.1 Å². The fourth-order valence-corrected chi connectivity index (χ4v) is 4.27. The molecule has 0 aromatic carbocycles. The van der Waals surface area contributed by atoms with E-state index in [1.807, 2.05) is 0 Å². The zero-order chi connectivity index (χ0) is 14.0. The van der Waals surface area contributed by atoms with Gasteiger partial charge in [0.2, 0.25) is 0 Å². The van der Waals surface area contributed by atoms with Crippen LogP contribution < -0.4 is 0 Å². The number of hydrogen-bond acceptors (Lipinski definition) is 4. The van der Waals surface area contributed by atoms with Crippen molar-refractivity contribution in [2.24, 2.45) is 17.3 Å². The van der Waals surface area contributed by atoms with Crippen molar-refractivity contribution < 1.29 is 19.7 Å². The van der Waals surface area contributed by atoms with E-state index >= 15 is 0 Å². The monoisotopic (exact) mass is 266 g/mol. The predicted molar refractivity (Wildman–Crippen MR) is 69.2 cm³/mol. The zero-order valence-corrected chi connectivity index (χ0v) is 11.8. The van der Waals surface area contributed by atoms with E-state index in [9.17, 15) is 15.0 Å². The van der Waals surface area contributed by atoms with Gasteiger partial charge in [-0.05, 0) is 37.0 Å². The number of hydrogen-bond donors (Lipinski definition) is 2. The lowest BCUT2D eigenvalue weighted by atomic mass is 9.78. The predicted octanol–water partition coefficient (Wildman–Crippen LogP) is 1.41. The van der Waals surface area contributed by atoms with Crippen molar-refractivity contribution in [2.75, 3.05) is 6.61 Å². The second kappa shape index (κ2) is 3.83. The maximum absolute atomic E-state index is 11.7. The van der Waals surface area contributed by atoms with Crippen LogP contribution in [0, 0.1) is 17.3 Å². The highest BCUT2D eigenvalue weighted by Crippen LogP contribution is 2.55. The third kappa shape index (κ3) is 1.93.